The van der Waals surface area contributed by atoms with Crippen molar-refractivity contribution >= 4 is 27.1 Å². The van der Waals surface area contributed by atoms with Crippen LogP contribution in [0, 0.1) is 17.1 Å². The first-order valence-electron chi connectivity index (χ1n) is 4.05. The van der Waals surface area contributed by atoms with Gasteiger partial charge in [0.25, 0.3) is 0 Å². The van der Waals surface area contributed by atoms with E-state index in [1.54, 1.807) is 12.1 Å². The second-order valence-electron chi connectivity index (χ2n) is 2.93. The second kappa shape index (κ2) is 3.28. The van der Waals surface area contributed by atoms with Gasteiger partial charge in [-0.3, -0.25) is 0 Å². The van der Waals surface area contributed by atoms with E-state index >= 15 is 0 Å². The van der Waals surface area contributed by atoms with Gasteiger partial charge in [-0.05, 0) is 12.1 Å². The van der Waals surface area contributed by atoms with Crippen LogP contribution in [0.3, 0.4) is 0 Å². The molecule has 0 saturated carbocycles. The number of anilines is 1. The summed E-state index contributed by atoms with van der Waals surface area (Å²) in [5.74, 6) is -0.246. The summed E-state index contributed by atoms with van der Waals surface area (Å²) in [5.41, 5.74) is 7.01. The van der Waals surface area contributed by atoms with Gasteiger partial charge in [0.1, 0.15) is 5.82 Å². The van der Waals surface area contributed by atoms with E-state index in [9.17, 15) is 4.39 Å². The van der Waals surface area contributed by atoms with Gasteiger partial charge in [0.15, 0.2) is 0 Å². The Labute approximate surface area is 84.4 Å². The molecular formula is C10H7FN2S. The molecule has 1 heterocycles. The molecule has 0 aliphatic carbocycles. The van der Waals surface area contributed by atoms with Crippen LogP contribution in [0.4, 0.5) is 10.1 Å². The van der Waals surface area contributed by atoms with Gasteiger partial charge in [0.2, 0.25) is 0 Å². The summed E-state index contributed by atoms with van der Waals surface area (Å²) >= 11 is 1.29. The third-order valence-electron chi connectivity index (χ3n) is 2.09. The van der Waals surface area contributed by atoms with E-state index in [0.29, 0.717) is 11.1 Å². The molecule has 0 amide bonds. The molecule has 1 aromatic carbocycles. The minimum absolute atomic E-state index is 0.225. The first-order chi connectivity index (χ1) is 6.74. The van der Waals surface area contributed by atoms with Crippen LogP contribution in [0.1, 0.15) is 5.56 Å². The topological polar surface area (TPSA) is 49.8 Å². The van der Waals surface area contributed by atoms with E-state index < -0.39 is 0 Å². The Hall–Kier alpha value is -1.60. The van der Waals surface area contributed by atoms with Crippen LogP contribution in [-0.4, -0.2) is 0 Å². The molecule has 0 saturated heterocycles. The normalized spacial score (nSPS) is 10.3. The molecule has 2 aromatic rings. The van der Waals surface area contributed by atoms with Crippen LogP contribution < -0.4 is 5.73 Å². The summed E-state index contributed by atoms with van der Waals surface area (Å²) in [7, 11) is 0. The van der Waals surface area contributed by atoms with Crippen molar-refractivity contribution in [2.24, 2.45) is 0 Å². The molecule has 0 bridgehead atoms. The molecule has 0 spiro atoms. The summed E-state index contributed by atoms with van der Waals surface area (Å²) in [6, 6.07) is 5.32. The van der Waals surface area contributed by atoms with E-state index in [0.717, 1.165) is 10.3 Å². The number of hydrogen-bond acceptors (Lipinski definition) is 3. The first-order valence-corrected chi connectivity index (χ1v) is 4.93. The van der Waals surface area contributed by atoms with Gasteiger partial charge < -0.3 is 5.73 Å². The third kappa shape index (κ3) is 1.22. The van der Waals surface area contributed by atoms with Crippen molar-refractivity contribution in [3.8, 4) is 6.07 Å². The lowest BCUT2D eigenvalue weighted by Gasteiger charge is -2.02. The zero-order chi connectivity index (χ0) is 10.1. The van der Waals surface area contributed by atoms with Crippen molar-refractivity contribution in [3.05, 3.63) is 28.9 Å². The molecule has 0 unspecified atom stereocenters. The molecule has 0 aliphatic rings. The highest BCUT2D eigenvalue weighted by Crippen LogP contribution is 2.31. The number of nitrogen functional groups attached to an aromatic ring is 1. The molecule has 1 aromatic heterocycles. The minimum atomic E-state index is -0.246. The number of benzene rings is 1. The van der Waals surface area contributed by atoms with Crippen LogP contribution in [0.15, 0.2) is 17.5 Å². The maximum absolute atomic E-state index is 13.2. The van der Waals surface area contributed by atoms with Gasteiger partial charge in [0, 0.05) is 26.7 Å². The van der Waals surface area contributed by atoms with Crippen molar-refractivity contribution < 1.29 is 4.39 Å². The van der Waals surface area contributed by atoms with Crippen LogP contribution >= 0.6 is 11.3 Å². The van der Waals surface area contributed by atoms with E-state index in [2.05, 4.69) is 0 Å². The fourth-order valence-corrected chi connectivity index (χ4v) is 2.37. The number of fused-ring (bicyclic) bond motifs is 1. The Morgan fingerprint density at radius 3 is 3.00 bits per heavy atom. The number of nitrogens with two attached hydrogens (primary N) is 1. The molecule has 0 aliphatic heterocycles. The smallest absolute Gasteiger partial charge is 0.141 e. The van der Waals surface area contributed by atoms with Crippen molar-refractivity contribution in [3.63, 3.8) is 0 Å². The lowest BCUT2D eigenvalue weighted by molar-refractivity contribution is 0.644. The maximum atomic E-state index is 13.2. The molecule has 0 atom stereocenters. The molecule has 14 heavy (non-hydrogen) atoms. The zero-order valence-electron chi connectivity index (χ0n) is 7.25. The Kier molecular flexibility index (Phi) is 2.10. The fraction of sp³-hybridized carbons (Fsp3) is 0.100. The van der Waals surface area contributed by atoms with Crippen LogP contribution in [0.5, 0.6) is 0 Å². The Morgan fingerprint density at radius 1 is 1.50 bits per heavy atom. The van der Waals surface area contributed by atoms with Gasteiger partial charge >= 0.3 is 0 Å². The number of thiophene rings is 1. The molecule has 0 radical (unpaired) electrons. The Balaban J connectivity index is 2.78. The molecule has 4 heteroatoms. The van der Waals surface area contributed by atoms with Gasteiger partial charge in [0.05, 0.1) is 12.5 Å². The Bertz CT molecular complexity index is 525. The number of rotatable bonds is 1. The van der Waals surface area contributed by atoms with Crippen LogP contribution in [0.25, 0.3) is 10.1 Å². The second-order valence-corrected chi connectivity index (χ2v) is 3.81. The van der Waals surface area contributed by atoms with Crippen molar-refractivity contribution in [2.45, 2.75) is 6.42 Å². The highest BCUT2D eigenvalue weighted by atomic mass is 32.1. The number of nitriles is 1. The molecule has 2 N–H and O–H groups in total. The minimum Gasteiger partial charge on any atom is -0.398 e. The SMILES string of the molecule is N#CCc1c(N)ccc2c(F)csc12. The number of halogens is 1. The van der Waals surface area contributed by atoms with E-state index in [1.165, 1.54) is 16.7 Å². The average molecular weight is 206 g/mol. The van der Waals surface area contributed by atoms with Gasteiger partial charge in [-0.15, -0.1) is 11.3 Å². The van der Waals surface area contributed by atoms with Crippen molar-refractivity contribution in [2.75, 3.05) is 5.73 Å². The fourth-order valence-electron chi connectivity index (χ4n) is 1.40. The largest absolute Gasteiger partial charge is 0.398 e. The lowest BCUT2D eigenvalue weighted by atomic mass is 10.1. The van der Waals surface area contributed by atoms with Crippen LogP contribution in [-0.2, 0) is 6.42 Å². The maximum Gasteiger partial charge on any atom is 0.141 e. The standard InChI is InChI=1S/C10H7FN2S/c11-8-5-14-10-6(8)1-2-9(13)7(10)3-4-12/h1-2,5H,3,13H2. The molecular weight excluding hydrogens is 199 g/mol. The summed E-state index contributed by atoms with van der Waals surface area (Å²) in [5, 5.41) is 10.6. The quantitative estimate of drug-likeness (QED) is 0.729. The van der Waals surface area contributed by atoms with E-state index in [4.69, 9.17) is 11.0 Å². The molecule has 0 fully saturated rings. The van der Waals surface area contributed by atoms with Crippen LogP contribution in [0.2, 0.25) is 0 Å². The monoisotopic (exact) mass is 206 g/mol. The lowest BCUT2D eigenvalue weighted by Crippen LogP contribution is -1.93. The summed E-state index contributed by atoms with van der Waals surface area (Å²) in [4.78, 5) is 0. The third-order valence-corrected chi connectivity index (χ3v) is 3.12. The molecule has 70 valence electrons. The predicted molar refractivity (Wildman–Crippen MR) is 55.5 cm³/mol. The summed E-state index contributed by atoms with van der Waals surface area (Å²) in [6.45, 7) is 0. The Morgan fingerprint density at radius 2 is 2.29 bits per heavy atom. The molecule has 2 rings (SSSR count). The van der Waals surface area contributed by atoms with E-state index in [-0.39, 0.29) is 12.2 Å². The summed E-state index contributed by atoms with van der Waals surface area (Å²) in [6.07, 6.45) is 0.225. The van der Waals surface area contributed by atoms with Gasteiger partial charge in [-0.2, -0.15) is 5.26 Å². The van der Waals surface area contributed by atoms with Crippen molar-refractivity contribution in [1.29, 1.82) is 5.26 Å². The predicted octanol–water partition coefficient (Wildman–Crippen LogP) is 2.69. The van der Waals surface area contributed by atoms with E-state index in [1.807, 2.05) is 6.07 Å². The summed E-state index contributed by atoms with van der Waals surface area (Å²) < 4.78 is 14.0. The zero-order valence-corrected chi connectivity index (χ0v) is 8.07. The van der Waals surface area contributed by atoms with Gasteiger partial charge in [-0.1, -0.05) is 0 Å². The number of nitrogens with zero attached hydrogens (tertiary/aromatic N) is 1. The highest BCUT2D eigenvalue weighted by Gasteiger charge is 2.10. The van der Waals surface area contributed by atoms with Crippen molar-refractivity contribution in [1.82, 2.24) is 0 Å². The average Bonchev–Trinajstić information content (AvgIpc) is 2.53. The number of hydrogen-bond donors (Lipinski definition) is 1. The highest BCUT2D eigenvalue weighted by molar-refractivity contribution is 7.17. The van der Waals surface area contributed by atoms with Gasteiger partial charge in [-0.25, -0.2) is 4.39 Å². The first kappa shape index (κ1) is 8.97. The molecule has 2 nitrogen and oxygen atoms in total.